The summed E-state index contributed by atoms with van der Waals surface area (Å²) in [5, 5.41) is 0. The minimum absolute atomic E-state index is 0. The molecule has 2 aromatic rings. The Kier molecular flexibility index (Phi) is 14.8. The fraction of sp³-hybridized carbons (Fsp3) is 0. The molecule has 0 saturated heterocycles. The van der Waals surface area contributed by atoms with Crippen LogP contribution in [0.4, 0.5) is 0 Å². The summed E-state index contributed by atoms with van der Waals surface area (Å²) in [6, 6.07) is 11.4. The summed E-state index contributed by atoms with van der Waals surface area (Å²) in [5.74, 6) is 0. The van der Waals surface area contributed by atoms with Crippen LogP contribution in [-0.2, 0) is 0 Å². The van der Waals surface area contributed by atoms with Crippen molar-refractivity contribution in [1.29, 1.82) is 0 Å². The molecular formula is C10H12I2N2. The summed E-state index contributed by atoms with van der Waals surface area (Å²) in [4.78, 5) is 7.57. The third-order valence-electron chi connectivity index (χ3n) is 1.13. The maximum absolute atomic E-state index is 3.78. The third kappa shape index (κ3) is 9.85. The Morgan fingerprint density at radius 2 is 0.714 bits per heavy atom. The minimum atomic E-state index is 0. The Hall–Kier alpha value is -0.240. The lowest BCUT2D eigenvalue weighted by atomic mass is 10.5. The molecule has 0 radical (unpaired) electrons. The first-order chi connectivity index (χ1) is 6.00. The molecule has 0 aliphatic rings. The molecule has 0 amide bonds. The smallest absolute Gasteiger partial charge is 0.0267 e. The van der Waals surface area contributed by atoms with E-state index in [1.54, 1.807) is 24.8 Å². The summed E-state index contributed by atoms with van der Waals surface area (Å²) in [7, 11) is 0. The lowest BCUT2D eigenvalue weighted by Gasteiger charge is -1.70. The Morgan fingerprint density at radius 3 is 0.786 bits per heavy atom. The Balaban J connectivity index is 0. The highest BCUT2D eigenvalue weighted by molar-refractivity contribution is 14.0. The fourth-order valence-electron chi connectivity index (χ4n) is 0.625. The van der Waals surface area contributed by atoms with Gasteiger partial charge in [-0.3, -0.25) is 9.97 Å². The maximum Gasteiger partial charge on any atom is 0.0267 e. The standard InChI is InChI=1S/2C5H5N.2HI/c2*1-2-4-6-5-3-1;;/h2*1-5H;2*1H. The SMILES string of the molecule is I.I.c1ccncc1.c1ccncc1. The topological polar surface area (TPSA) is 25.8 Å². The molecule has 0 fully saturated rings. The summed E-state index contributed by atoms with van der Waals surface area (Å²) >= 11 is 0. The summed E-state index contributed by atoms with van der Waals surface area (Å²) in [6.45, 7) is 0. The number of nitrogens with zero attached hydrogens (tertiary/aromatic N) is 2. The van der Waals surface area contributed by atoms with Gasteiger partial charge in [0.05, 0.1) is 0 Å². The predicted molar refractivity (Wildman–Crippen MR) is 79.3 cm³/mol. The van der Waals surface area contributed by atoms with Crippen LogP contribution in [0.3, 0.4) is 0 Å². The number of halogens is 2. The van der Waals surface area contributed by atoms with Gasteiger partial charge in [-0.15, -0.1) is 48.0 Å². The van der Waals surface area contributed by atoms with Crippen LogP contribution in [-0.4, -0.2) is 9.97 Å². The van der Waals surface area contributed by atoms with Crippen LogP contribution in [0.25, 0.3) is 0 Å². The second kappa shape index (κ2) is 12.8. The average Bonchev–Trinajstić information content (AvgIpc) is 2.24. The van der Waals surface area contributed by atoms with Crippen LogP contribution >= 0.6 is 48.0 Å². The third-order valence-corrected chi connectivity index (χ3v) is 1.13. The molecule has 0 atom stereocenters. The molecule has 0 spiro atoms. The van der Waals surface area contributed by atoms with Crippen molar-refractivity contribution in [3.8, 4) is 0 Å². The molecule has 76 valence electrons. The van der Waals surface area contributed by atoms with E-state index in [1.807, 2.05) is 36.4 Å². The Bertz CT molecular complexity index is 192. The second-order valence-electron chi connectivity index (χ2n) is 2.05. The number of rotatable bonds is 0. The van der Waals surface area contributed by atoms with Gasteiger partial charge in [0.15, 0.2) is 0 Å². The lowest BCUT2D eigenvalue weighted by molar-refractivity contribution is 1.33. The first-order valence-corrected chi connectivity index (χ1v) is 3.70. The molecule has 0 N–H and O–H groups in total. The summed E-state index contributed by atoms with van der Waals surface area (Å²) in [6.07, 6.45) is 7.00. The van der Waals surface area contributed by atoms with Crippen LogP contribution in [0.15, 0.2) is 61.2 Å². The van der Waals surface area contributed by atoms with Gasteiger partial charge in [-0.25, -0.2) is 0 Å². The fourth-order valence-corrected chi connectivity index (χ4v) is 0.625. The van der Waals surface area contributed by atoms with Crippen LogP contribution in [0, 0.1) is 0 Å². The first kappa shape index (κ1) is 16.2. The average molecular weight is 414 g/mol. The highest BCUT2D eigenvalue weighted by atomic mass is 127. The second-order valence-corrected chi connectivity index (χ2v) is 2.05. The van der Waals surface area contributed by atoms with E-state index in [0.29, 0.717) is 0 Å². The number of hydrogen-bond donors (Lipinski definition) is 0. The van der Waals surface area contributed by atoms with Gasteiger partial charge in [-0.05, 0) is 24.3 Å². The Morgan fingerprint density at radius 1 is 0.429 bits per heavy atom. The van der Waals surface area contributed by atoms with Crippen molar-refractivity contribution in [1.82, 2.24) is 9.97 Å². The highest BCUT2D eigenvalue weighted by Crippen LogP contribution is 1.74. The first-order valence-electron chi connectivity index (χ1n) is 3.70. The number of aromatic nitrogens is 2. The van der Waals surface area contributed by atoms with Crippen LogP contribution in [0.5, 0.6) is 0 Å². The van der Waals surface area contributed by atoms with E-state index in [2.05, 4.69) is 9.97 Å². The summed E-state index contributed by atoms with van der Waals surface area (Å²) < 4.78 is 0. The Labute approximate surface area is 118 Å². The maximum atomic E-state index is 3.78. The molecule has 0 aliphatic heterocycles. The van der Waals surface area contributed by atoms with Crippen molar-refractivity contribution in [2.45, 2.75) is 0 Å². The highest BCUT2D eigenvalue weighted by Gasteiger charge is 1.59. The van der Waals surface area contributed by atoms with E-state index in [-0.39, 0.29) is 48.0 Å². The molecule has 0 aromatic carbocycles. The zero-order valence-corrected chi connectivity index (χ0v) is 12.1. The van der Waals surface area contributed by atoms with Gasteiger partial charge >= 0.3 is 0 Å². The molecule has 2 heterocycles. The molecule has 4 heteroatoms. The lowest BCUT2D eigenvalue weighted by Crippen LogP contribution is -1.58. The van der Waals surface area contributed by atoms with Gasteiger partial charge in [0.1, 0.15) is 0 Å². The molecule has 0 unspecified atom stereocenters. The van der Waals surface area contributed by atoms with Gasteiger partial charge in [0.2, 0.25) is 0 Å². The van der Waals surface area contributed by atoms with Crippen molar-refractivity contribution in [3.05, 3.63) is 61.2 Å². The zero-order chi connectivity index (χ0) is 8.49. The van der Waals surface area contributed by atoms with E-state index in [1.165, 1.54) is 0 Å². The van der Waals surface area contributed by atoms with E-state index in [4.69, 9.17) is 0 Å². The van der Waals surface area contributed by atoms with Gasteiger partial charge in [0, 0.05) is 24.8 Å². The van der Waals surface area contributed by atoms with Gasteiger partial charge in [-0.2, -0.15) is 0 Å². The number of pyridine rings is 2. The van der Waals surface area contributed by atoms with Crippen LogP contribution < -0.4 is 0 Å². The van der Waals surface area contributed by atoms with E-state index in [0.717, 1.165) is 0 Å². The largest absolute Gasteiger partial charge is 0.265 e. The van der Waals surface area contributed by atoms with Gasteiger partial charge < -0.3 is 0 Å². The zero-order valence-electron chi connectivity index (χ0n) is 7.48. The van der Waals surface area contributed by atoms with E-state index < -0.39 is 0 Å². The molecule has 2 rings (SSSR count). The van der Waals surface area contributed by atoms with Crippen molar-refractivity contribution in [3.63, 3.8) is 0 Å². The van der Waals surface area contributed by atoms with Crippen molar-refractivity contribution < 1.29 is 0 Å². The van der Waals surface area contributed by atoms with Crippen LogP contribution in [0.2, 0.25) is 0 Å². The molecule has 0 aliphatic carbocycles. The molecule has 0 saturated carbocycles. The predicted octanol–water partition coefficient (Wildman–Crippen LogP) is 3.40. The molecule has 14 heavy (non-hydrogen) atoms. The molecule has 0 bridgehead atoms. The molecule has 2 nitrogen and oxygen atoms in total. The van der Waals surface area contributed by atoms with E-state index in [9.17, 15) is 0 Å². The number of hydrogen-bond acceptors (Lipinski definition) is 2. The van der Waals surface area contributed by atoms with E-state index >= 15 is 0 Å². The van der Waals surface area contributed by atoms with Gasteiger partial charge in [0.25, 0.3) is 0 Å². The van der Waals surface area contributed by atoms with Crippen molar-refractivity contribution in [2.24, 2.45) is 0 Å². The molecular weight excluding hydrogens is 402 g/mol. The van der Waals surface area contributed by atoms with Crippen molar-refractivity contribution in [2.75, 3.05) is 0 Å². The normalized spacial score (nSPS) is 6.86. The van der Waals surface area contributed by atoms with Crippen LogP contribution in [0.1, 0.15) is 0 Å². The monoisotopic (exact) mass is 414 g/mol. The summed E-state index contributed by atoms with van der Waals surface area (Å²) in [5.41, 5.74) is 0. The van der Waals surface area contributed by atoms with Crippen molar-refractivity contribution >= 4 is 48.0 Å². The molecule has 2 aromatic heterocycles. The van der Waals surface area contributed by atoms with Gasteiger partial charge in [-0.1, -0.05) is 12.1 Å². The minimum Gasteiger partial charge on any atom is -0.265 e. The quantitative estimate of drug-likeness (QED) is 0.618.